The van der Waals surface area contributed by atoms with Crippen molar-refractivity contribution in [1.82, 2.24) is 24.8 Å². The van der Waals surface area contributed by atoms with E-state index in [2.05, 4.69) is 40.2 Å². The summed E-state index contributed by atoms with van der Waals surface area (Å²) < 4.78 is 13.6. The van der Waals surface area contributed by atoms with E-state index >= 15 is 0 Å². The van der Waals surface area contributed by atoms with Crippen LogP contribution in [0.2, 0.25) is 25.7 Å². The second-order valence-corrected chi connectivity index (χ2v) is 15.9. The lowest BCUT2D eigenvalue weighted by Crippen LogP contribution is -2.44. The Labute approximate surface area is 210 Å². The number of carbonyl (C=O) groups excluding carboxylic acids is 1. The molecule has 36 heavy (non-hydrogen) atoms. The van der Waals surface area contributed by atoms with Crippen molar-refractivity contribution in [3.05, 3.63) is 30.4 Å². The van der Waals surface area contributed by atoms with Crippen LogP contribution < -0.4 is 10.6 Å². The van der Waals surface area contributed by atoms with E-state index in [1.165, 1.54) is 18.1 Å². The molecule has 11 nitrogen and oxygen atoms in total. The number of hydrogen-bond donors (Lipinski definition) is 3. The van der Waals surface area contributed by atoms with Crippen LogP contribution in [0.3, 0.4) is 0 Å². The zero-order chi connectivity index (χ0) is 25.9. The van der Waals surface area contributed by atoms with Gasteiger partial charge in [0.1, 0.15) is 12.4 Å². The average molecular weight is 515 g/mol. The van der Waals surface area contributed by atoms with Crippen molar-refractivity contribution in [3.8, 4) is 11.5 Å². The molecule has 4 rings (SSSR count). The zero-order valence-corrected chi connectivity index (χ0v) is 22.2. The first-order valence-corrected chi connectivity index (χ1v) is 15.9. The van der Waals surface area contributed by atoms with Crippen molar-refractivity contribution in [3.63, 3.8) is 0 Å². The van der Waals surface area contributed by atoms with Gasteiger partial charge in [-0.25, -0.2) is 14.8 Å². The van der Waals surface area contributed by atoms with Gasteiger partial charge in [-0.1, -0.05) is 19.6 Å². The SMILES string of the molecule is CNC(=O)c1cnc(-c2cnc3c(ccn3COCC[Si](C)(C)C)c2N[C@@H]2CCCN(C(=O)O)C2)o1. The lowest BCUT2D eigenvalue weighted by Gasteiger charge is -2.32. The van der Waals surface area contributed by atoms with Crippen LogP contribution in [0.1, 0.15) is 23.4 Å². The normalized spacial score (nSPS) is 16.3. The maximum atomic E-state index is 12.0. The number of oxazole rings is 1. The smallest absolute Gasteiger partial charge is 0.407 e. The Morgan fingerprint density at radius 3 is 2.81 bits per heavy atom. The van der Waals surface area contributed by atoms with Gasteiger partial charge in [0.15, 0.2) is 0 Å². The van der Waals surface area contributed by atoms with Gasteiger partial charge in [-0.05, 0) is 25.0 Å². The number of nitrogens with zero attached hydrogens (tertiary/aromatic N) is 4. The molecule has 0 aliphatic carbocycles. The maximum Gasteiger partial charge on any atom is 0.407 e. The van der Waals surface area contributed by atoms with E-state index in [0.29, 0.717) is 32.0 Å². The fourth-order valence-electron chi connectivity index (χ4n) is 4.20. The van der Waals surface area contributed by atoms with E-state index in [9.17, 15) is 14.7 Å². The summed E-state index contributed by atoms with van der Waals surface area (Å²) in [7, 11) is 0.338. The number of piperidine rings is 1. The van der Waals surface area contributed by atoms with Gasteiger partial charge < -0.3 is 34.4 Å². The first-order chi connectivity index (χ1) is 17.2. The highest BCUT2D eigenvalue weighted by molar-refractivity contribution is 6.76. The zero-order valence-electron chi connectivity index (χ0n) is 21.2. The van der Waals surface area contributed by atoms with Gasteiger partial charge >= 0.3 is 6.09 Å². The van der Waals surface area contributed by atoms with Crippen LogP contribution in [-0.2, 0) is 11.5 Å². The van der Waals surface area contributed by atoms with E-state index in [-0.39, 0.29) is 23.6 Å². The number of rotatable bonds is 9. The largest absolute Gasteiger partial charge is 0.465 e. The Morgan fingerprint density at radius 1 is 1.28 bits per heavy atom. The van der Waals surface area contributed by atoms with Crippen LogP contribution in [0, 0.1) is 0 Å². The van der Waals surface area contributed by atoms with E-state index in [1.54, 1.807) is 6.20 Å². The Hall–Kier alpha value is -3.38. The first-order valence-electron chi connectivity index (χ1n) is 12.1. The Balaban J connectivity index is 1.66. The van der Waals surface area contributed by atoms with Crippen molar-refractivity contribution in [2.24, 2.45) is 0 Å². The molecule has 3 aromatic rings. The van der Waals surface area contributed by atoms with Gasteiger partial charge in [-0.3, -0.25) is 4.79 Å². The number of pyridine rings is 1. The molecule has 2 amide bonds. The molecule has 3 N–H and O–H groups in total. The van der Waals surface area contributed by atoms with Crippen LogP contribution in [0.4, 0.5) is 10.5 Å². The van der Waals surface area contributed by atoms with E-state index in [4.69, 9.17) is 9.15 Å². The molecule has 0 saturated carbocycles. The summed E-state index contributed by atoms with van der Waals surface area (Å²) in [5.74, 6) is -0.0135. The third kappa shape index (κ3) is 5.87. The number of nitrogens with one attached hydrogen (secondary N) is 2. The van der Waals surface area contributed by atoms with Gasteiger partial charge in [0, 0.05) is 58.6 Å². The quantitative estimate of drug-likeness (QED) is 0.289. The molecule has 1 saturated heterocycles. The van der Waals surface area contributed by atoms with Crippen molar-refractivity contribution in [2.45, 2.75) is 51.3 Å². The first kappa shape index (κ1) is 25.7. The van der Waals surface area contributed by atoms with Crippen LogP contribution in [0.15, 0.2) is 29.1 Å². The lowest BCUT2D eigenvalue weighted by atomic mass is 10.0. The van der Waals surface area contributed by atoms with Crippen molar-refractivity contribution >= 4 is 36.8 Å². The number of ether oxygens (including phenoxy) is 1. The molecule has 0 aromatic carbocycles. The summed E-state index contributed by atoms with van der Waals surface area (Å²) in [6.07, 6.45) is 5.64. The minimum atomic E-state index is -1.19. The summed E-state index contributed by atoms with van der Waals surface area (Å²) in [6, 6.07) is 2.94. The van der Waals surface area contributed by atoms with Gasteiger partial charge in [0.05, 0.1) is 17.4 Å². The molecule has 194 valence electrons. The van der Waals surface area contributed by atoms with Crippen molar-refractivity contribution in [2.75, 3.05) is 32.1 Å². The molecule has 1 aliphatic rings. The molecule has 0 radical (unpaired) electrons. The summed E-state index contributed by atoms with van der Waals surface area (Å²) in [5, 5.41) is 16.4. The predicted octanol–water partition coefficient (Wildman–Crippen LogP) is 3.92. The number of amides is 2. The number of likely N-dealkylation sites (tertiary alicyclic amines) is 1. The molecule has 0 spiro atoms. The van der Waals surface area contributed by atoms with E-state index in [1.807, 2.05) is 16.8 Å². The fourth-order valence-corrected chi connectivity index (χ4v) is 4.96. The molecular weight excluding hydrogens is 480 g/mol. The number of carbonyl (C=O) groups is 2. The Kier molecular flexibility index (Phi) is 7.64. The Morgan fingerprint density at radius 2 is 2.08 bits per heavy atom. The van der Waals surface area contributed by atoms with E-state index < -0.39 is 14.2 Å². The number of anilines is 1. The number of carboxylic acid groups (broad SMARTS) is 1. The molecule has 12 heteroatoms. The molecule has 3 aromatic heterocycles. The second-order valence-electron chi connectivity index (χ2n) is 10.2. The molecule has 0 bridgehead atoms. The molecule has 1 atom stereocenters. The number of fused-ring (bicyclic) bond motifs is 1. The third-order valence-electron chi connectivity index (χ3n) is 6.24. The summed E-state index contributed by atoms with van der Waals surface area (Å²) in [4.78, 5) is 34.0. The average Bonchev–Trinajstić information content (AvgIpc) is 3.49. The predicted molar refractivity (Wildman–Crippen MR) is 139 cm³/mol. The lowest BCUT2D eigenvalue weighted by molar-refractivity contribution is 0.0898. The van der Waals surface area contributed by atoms with Crippen molar-refractivity contribution < 1.29 is 23.8 Å². The second kappa shape index (κ2) is 10.7. The van der Waals surface area contributed by atoms with Gasteiger partial charge in [-0.15, -0.1) is 0 Å². The molecule has 1 fully saturated rings. The summed E-state index contributed by atoms with van der Waals surface area (Å²) >= 11 is 0. The molecular formula is C24H34N6O5Si. The highest BCUT2D eigenvalue weighted by atomic mass is 28.3. The van der Waals surface area contributed by atoms with Crippen LogP contribution in [0.5, 0.6) is 0 Å². The van der Waals surface area contributed by atoms with Gasteiger partial charge in [-0.2, -0.15) is 0 Å². The molecule has 1 aliphatic heterocycles. The number of hydrogen-bond acceptors (Lipinski definition) is 7. The minimum Gasteiger partial charge on any atom is -0.465 e. The topological polar surface area (TPSA) is 135 Å². The third-order valence-corrected chi connectivity index (χ3v) is 7.95. The highest BCUT2D eigenvalue weighted by Gasteiger charge is 2.26. The highest BCUT2D eigenvalue weighted by Crippen LogP contribution is 2.35. The summed E-state index contributed by atoms with van der Waals surface area (Å²) in [5.41, 5.74) is 2.07. The van der Waals surface area contributed by atoms with Crippen LogP contribution >= 0.6 is 0 Å². The minimum absolute atomic E-state index is 0.0936. The Bertz CT molecular complexity index is 1230. The maximum absolute atomic E-state index is 12.0. The van der Waals surface area contributed by atoms with Gasteiger partial charge in [0.2, 0.25) is 11.7 Å². The fraction of sp³-hybridized carbons (Fsp3) is 0.500. The molecule has 0 unspecified atom stereocenters. The number of aromatic nitrogens is 3. The van der Waals surface area contributed by atoms with E-state index in [0.717, 1.165) is 35.6 Å². The summed E-state index contributed by atoms with van der Waals surface area (Å²) in [6.45, 7) is 8.92. The standard InChI is InChI=1S/C24H34N6O5Si/c1-25-22(31)19-13-27-23(35-19)18-12-26-21-17(7-9-30(21)15-34-10-11-36(2,3)4)20(18)28-16-6-5-8-29(14-16)24(32)33/h7,9,12-13,16H,5-6,8,10-11,14-15H2,1-4H3,(H,25,31)(H,26,28)(H,32,33)/t16-/m1/s1. The molecule has 4 heterocycles. The van der Waals surface area contributed by atoms with Crippen molar-refractivity contribution in [1.29, 1.82) is 0 Å². The van der Waals surface area contributed by atoms with Crippen LogP contribution in [-0.4, -0.2) is 77.4 Å². The monoisotopic (exact) mass is 514 g/mol. The van der Waals surface area contributed by atoms with Crippen LogP contribution in [0.25, 0.3) is 22.5 Å². The van der Waals surface area contributed by atoms with Gasteiger partial charge in [0.25, 0.3) is 5.91 Å².